The third-order valence-corrected chi connectivity index (χ3v) is 8.27. The van der Waals surface area contributed by atoms with Crippen LogP contribution >= 0.6 is 0 Å². The second-order valence-corrected chi connectivity index (χ2v) is 10.6. The Morgan fingerprint density at radius 3 is 2.57 bits per heavy atom. The molecule has 37 heavy (non-hydrogen) atoms. The molecule has 6 heteroatoms. The molecule has 0 spiro atoms. The van der Waals surface area contributed by atoms with Crippen LogP contribution in [0.5, 0.6) is 0 Å². The molecule has 190 valence electrons. The highest BCUT2D eigenvalue weighted by atomic mass is 15.3. The van der Waals surface area contributed by atoms with E-state index >= 15 is 0 Å². The van der Waals surface area contributed by atoms with E-state index in [2.05, 4.69) is 94.9 Å². The lowest BCUT2D eigenvalue weighted by atomic mass is 9.80. The third kappa shape index (κ3) is 4.62. The summed E-state index contributed by atoms with van der Waals surface area (Å²) in [4.78, 5) is 14.2. The molecule has 1 saturated carbocycles. The van der Waals surface area contributed by atoms with Crippen LogP contribution in [0.1, 0.15) is 38.2 Å². The molecule has 0 amide bonds. The Balaban J connectivity index is 1.29. The number of benzene rings is 2. The van der Waals surface area contributed by atoms with E-state index < -0.39 is 0 Å². The van der Waals surface area contributed by atoms with Crippen molar-refractivity contribution in [2.75, 3.05) is 20.1 Å². The fourth-order valence-electron chi connectivity index (χ4n) is 6.09. The monoisotopic (exact) mass is 492 g/mol. The predicted octanol–water partition coefficient (Wildman–Crippen LogP) is 5.40. The molecule has 6 rings (SSSR count). The number of aliphatic imine (C=N–C) groups is 1. The minimum Gasteiger partial charge on any atom is -0.382 e. The molecule has 0 radical (unpaired) electrons. The van der Waals surface area contributed by atoms with Crippen LogP contribution in [0.3, 0.4) is 0 Å². The van der Waals surface area contributed by atoms with Crippen molar-refractivity contribution in [1.29, 1.82) is 0 Å². The summed E-state index contributed by atoms with van der Waals surface area (Å²) in [7, 11) is 2.23. The van der Waals surface area contributed by atoms with Crippen molar-refractivity contribution in [3.63, 3.8) is 0 Å². The molecule has 3 N–H and O–H groups in total. The van der Waals surface area contributed by atoms with Crippen molar-refractivity contribution in [3.8, 4) is 11.3 Å². The van der Waals surface area contributed by atoms with Gasteiger partial charge in [0, 0.05) is 35.5 Å². The first-order valence-electron chi connectivity index (χ1n) is 13.6. The first-order chi connectivity index (χ1) is 18.1. The number of nitrogens with two attached hydrogens (primary N) is 1. The zero-order valence-electron chi connectivity index (χ0n) is 21.8. The topological polar surface area (TPSA) is 69.8 Å². The Hall–Kier alpha value is -3.64. The highest BCUT2D eigenvalue weighted by Crippen LogP contribution is 2.39. The van der Waals surface area contributed by atoms with E-state index in [1.807, 2.05) is 12.3 Å². The summed E-state index contributed by atoms with van der Waals surface area (Å²) in [6.45, 7) is 4.56. The molecule has 1 aliphatic carbocycles. The highest BCUT2D eigenvalue weighted by Gasteiger charge is 2.39. The van der Waals surface area contributed by atoms with Gasteiger partial charge < -0.3 is 20.9 Å². The van der Waals surface area contributed by atoms with E-state index in [0.717, 1.165) is 51.6 Å². The maximum Gasteiger partial charge on any atom is 0.149 e. The number of hydrogen-bond acceptors (Lipinski definition) is 6. The number of nitrogens with one attached hydrogen (secondary N) is 1. The molecular formula is C31H36N6. The van der Waals surface area contributed by atoms with Crippen LogP contribution < -0.4 is 11.1 Å². The predicted molar refractivity (Wildman–Crippen MR) is 152 cm³/mol. The molecule has 1 unspecified atom stereocenters. The summed E-state index contributed by atoms with van der Waals surface area (Å²) in [6.07, 6.45) is 9.11. The smallest absolute Gasteiger partial charge is 0.149 e. The van der Waals surface area contributed by atoms with Crippen LogP contribution in [0.15, 0.2) is 83.8 Å². The lowest BCUT2D eigenvalue weighted by Crippen LogP contribution is -2.44. The molecule has 0 saturated heterocycles. The van der Waals surface area contributed by atoms with E-state index in [4.69, 9.17) is 10.7 Å². The number of amidine groups is 1. The molecule has 3 heterocycles. The number of aromatic nitrogens is 1. The van der Waals surface area contributed by atoms with E-state index in [1.165, 1.54) is 32.2 Å². The van der Waals surface area contributed by atoms with E-state index in [1.54, 1.807) is 0 Å². The van der Waals surface area contributed by atoms with Crippen molar-refractivity contribution in [2.24, 2.45) is 22.6 Å². The van der Waals surface area contributed by atoms with Gasteiger partial charge in [0.15, 0.2) is 0 Å². The van der Waals surface area contributed by atoms with Crippen molar-refractivity contribution < 1.29 is 0 Å². The van der Waals surface area contributed by atoms with Gasteiger partial charge in [-0.25, -0.2) is 9.98 Å². The summed E-state index contributed by atoms with van der Waals surface area (Å²) in [5, 5.41) is 5.01. The Labute approximate surface area is 219 Å². The van der Waals surface area contributed by atoms with Crippen LogP contribution in [0, 0.1) is 11.8 Å². The van der Waals surface area contributed by atoms with Gasteiger partial charge in [-0.15, -0.1) is 0 Å². The lowest BCUT2D eigenvalue weighted by Gasteiger charge is -2.38. The standard InChI is InChI=1S/C31H36N6/c1-3-36(2)20-21-9-11-24(12-10-21)31-35-28(29-30(32)33-17-18-37(29)31)25-14-13-23-15-16-26(34-27(23)19-25)22-7-5-4-6-8-22/h4-8,13-19,21,24,31,35H,3,9-12,20H2,1-2H3,(H2,32,33)/t21-,24-,31?. The first-order valence-corrected chi connectivity index (χ1v) is 13.6. The average molecular weight is 493 g/mol. The molecule has 2 aliphatic heterocycles. The zero-order valence-corrected chi connectivity index (χ0v) is 21.8. The van der Waals surface area contributed by atoms with Crippen LogP contribution in [-0.4, -0.2) is 46.9 Å². The summed E-state index contributed by atoms with van der Waals surface area (Å²) >= 11 is 0. The second-order valence-electron chi connectivity index (χ2n) is 10.6. The van der Waals surface area contributed by atoms with Crippen molar-refractivity contribution >= 4 is 22.4 Å². The fraction of sp³-hybridized carbons (Fsp3) is 0.355. The zero-order chi connectivity index (χ0) is 25.4. The average Bonchev–Trinajstić information content (AvgIpc) is 3.34. The van der Waals surface area contributed by atoms with Gasteiger partial charge >= 0.3 is 0 Å². The summed E-state index contributed by atoms with van der Waals surface area (Å²) < 4.78 is 0. The van der Waals surface area contributed by atoms with Gasteiger partial charge in [0.25, 0.3) is 0 Å². The highest BCUT2D eigenvalue weighted by molar-refractivity contribution is 6.05. The quantitative estimate of drug-likeness (QED) is 0.482. The number of fused-ring (bicyclic) bond motifs is 2. The molecule has 1 fully saturated rings. The van der Waals surface area contributed by atoms with Gasteiger partial charge in [0.1, 0.15) is 17.7 Å². The molecule has 0 bridgehead atoms. The number of hydrogen-bond donors (Lipinski definition) is 2. The van der Waals surface area contributed by atoms with Crippen LogP contribution in [0.2, 0.25) is 0 Å². The van der Waals surface area contributed by atoms with Crippen LogP contribution in [0.25, 0.3) is 27.9 Å². The van der Waals surface area contributed by atoms with Gasteiger partial charge in [-0.2, -0.15) is 0 Å². The maximum atomic E-state index is 6.48. The molecular weight excluding hydrogens is 456 g/mol. The SMILES string of the molecule is CCN(C)C[C@H]1CC[C@H](C2NC(c3ccc4ccc(-c5ccccc5)nc4c3)=C3C(N)=NC=CN32)CC1. The molecule has 1 atom stereocenters. The third-order valence-electron chi connectivity index (χ3n) is 8.27. The Kier molecular flexibility index (Phi) is 6.43. The van der Waals surface area contributed by atoms with Crippen molar-refractivity contribution in [1.82, 2.24) is 20.1 Å². The number of nitrogens with zero attached hydrogens (tertiary/aromatic N) is 4. The summed E-state index contributed by atoms with van der Waals surface area (Å²) in [5.74, 6) is 1.93. The normalized spacial score (nSPS) is 23.4. The van der Waals surface area contributed by atoms with E-state index in [-0.39, 0.29) is 6.17 Å². The number of pyridine rings is 1. The van der Waals surface area contributed by atoms with E-state index in [9.17, 15) is 0 Å². The van der Waals surface area contributed by atoms with Crippen LogP contribution in [-0.2, 0) is 0 Å². The molecule has 1 aromatic heterocycles. The van der Waals surface area contributed by atoms with Gasteiger partial charge in [-0.3, -0.25) is 0 Å². The summed E-state index contributed by atoms with van der Waals surface area (Å²) in [5.41, 5.74) is 12.7. The Morgan fingerprint density at radius 2 is 1.78 bits per heavy atom. The van der Waals surface area contributed by atoms with Crippen molar-refractivity contribution in [3.05, 3.63) is 84.3 Å². The molecule has 3 aliphatic rings. The number of rotatable bonds is 6. The second kappa shape index (κ2) is 10.0. The lowest BCUT2D eigenvalue weighted by molar-refractivity contribution is 0.149. The largest absolute Gasteiger partial charge is 0.382 e. The summed E-state index contributed by atoms with van der Waals surface area (Å²) in [6, 6.07) is 21.1. The van der Waals surface area contributed by atoms with Gasteiger partial charge in [0.2, 0.25) is 0 Å². The minimum atomic E-state index is 0.194. The minimum absolute atomic E-state index is 0.194. The van der Waals surface area contributed by atoms with E-state index in [0.29, 0.717) is 11.8 Å². The fourth-order valence-corrected chi connectivity index (χ4v) is 6.09. The molecule has 3 aromatic rings. The first kappa shape index (κ1) is 23.7. The Bertz CT molecular complexity index is 1370. The molecule has 2 aromatic carbocycles. The van der Waals surface area contributed by atoms with Gasteiger partial charge in [-0.05, 0) is 63.2 Å². The van der Waals surface area contributed by atoms with Crippen molar-refractivity contribution in [2.45, 2.75) is 38.8 Å². The Morgan fingerprint density at radius 1 is 1.00 bits per heavy atom. The van der Waals surface area contributed by atoms with Crippen LogP contribution in [0.4, 0.5) is 0 Å². The van der Waals surface area contributed by atoms with Gasteiger partial charge in [-0.1, -0.05) is 55.5 Å². The molecule has 6 nitrogen and oxygen atoms in total. The maximum absolute atomic E-state index is 6.48. The van der Waals surface area contributed by atoms with Gasteiger partial charge in [0.05, 0.1) is 16.9 Å².